The molecule has 0 unspecified atom stereocenters. The summed E-state index contributed by atoms with van der Waals surface area (Å²) in [6, 6.07) is 7.31. The molecule has 2 aromatic heterocycles. The molecule has 8 nitrogen and oxygen atoms in total. The SMILES string of the molecule is CCOc1ncnc(-n2cnc3ccccc32)c1[N+](=O)[O-]. The van der Waals surface area contributed by atoms with Gasteiger partial charge in [0.2, 0.25) is 5.82 Å². The van der Waals surface area contributed by atoms with Crippen LogP contribution in [0.25, 0.3) is 16.9 Å². The third kappa shape index (κ3) is 2.16. The van der Waals surface area contributed by atoms with Crippen LogP contribution in [-0.2, 0) is 0 Å². The summed E-state index contributed by atoms with van der Waals surface area (Å²) in [5, 5.41) is 11.4. The first kappa shape index (κ1) is 13.0. The van der Waals surface area contributed by atoms with E-state index in [-0.39, 0.29) is 24.0 Å². The van der Waals surface area contributed by atoms with Crippen molar-refractivity contribution in [2.24, 2.45) is 0 Å². The highest BCUT2D eigenvalue weighted by Crippen LogP contribution is 2.31. The smallest absolute Gasteiger partial charge is 0.373 e. The number of fused-ring (bicyclic) bond motifs is 1. The van der Waals surface area contributed by atoms with Crippen molar-refractivity contribution in [3.8, 4) is 11.7 Å². The molecule has 3 aromatic rings. The van der Waals surface area contributed by atoms with E-state index < -0.39 is 4.92 Å². The van der Waals surface area contributed by atoms with Gasteiger partial charge in [-0.2, -0.15) is 4.98 Å². The number of nitrogens with zero attached hydrogens (tertiary/aromatic N) is 5. The highest BCUT2D eigenvalue weighted by Gasteiger charge is 2.26. The van der Waals surface area contributed by atoms with E-state index in [1.54, 1.807) is 11.5 Å². The highest BCUT2D eigenvalue weighted by molar-refractivity contribution is 5.78. The first-order valence-electron chi connectivity index (χ1n) is 6.27. The van der Waals surface area contributed by atoms with Crippen molar-refractivity contribution < 1.29 is 9.66 Å². The molecule has 0 aliphatic heterocycles. The maximum atomic E-state index is 11.4. The Kier molecular flexibility index (Phi) is 3.19. The van der Waals surface area contributed by atoms with E-state index in [0.29, 0.717) is 0 Å². The predicted octanol–water partition coefficient (Wildman–Crippen LogP) is 2.12. The number of ether oxygens (including phenoxy) is 1. The van der Waals surface area contributed by atoms with Gasteiger partial charge in [-0.05, 0) is 19.1 Å². The molecule has 3 rings (SSSR count). The van der Waals surface area contributed by atoms with Crippen LogP contribution < -0.4 is 4.74 Å². The first-order valence-corrected chi connectivity index (χ1v) is 6.27. The summed E-state index contributed by atoms with van der Waals surface area (Å²) >= 11 is 0. The molecule has 2 heterocycles. The van der Waals surface area contributed by atoms with E-state index in [1.165, 1.54) is 12.7 Å². The van der Waals surface area contributed by atoms with E-state index in [4.69, 9.17) is 4.74 Å². The number of rotatable bonds is 4. The molecule has 0 radical (unpaired) electrons. The van der Waals surface area contributed by atoms with Crippen molar-refractivity contribution >= 4 is 16.7 Å². The number of hydrogen-bond acceptors (Lipinski definition) is 6. The lowest BCUT2D eigenvalue weighted by Gasteiger charge is -2.07. The molecular formula is C13H11N5O3. The van der Waals surface area contributed by atoms with Gasteiger partial charge in [0.1, 0.15) is 12.7 Å². The lowest BCUT2D eigenvalue weighted by molar-refractivity contribution is -0.386. The van der Waals surface area contributed by atoms with Crippen molar-refractivity contribution in [2.75, 3.05) is 6.61 Å². The van der Waals surface area contributed by atoms with Gasteiger partial charge in [-0.3, -0.25) is 14.7 Å². The lowest BCUT2D eigenvalue weighted by atomic mass is 10.3. The average molecular weight is 285 g/mol. The van der Waals surface area contributed by atoms with Gasteiger partial charge in [-0.15, -0.1) is 0 Å². The molecule has 0 saturated carbocycles. The van der Waals surface area contributed by atoms with Crippen LogP contribution in [0, 0.1) is 10.1 Å². The zero-order valence-corrected chi connectivity index (χ0v) is 11.1. The second kappa shape index (κ2) is 5.16. The summed E-state index contributed by atoms with van der Waals surface area (Å²) in [5.74, 6) is 0.0810. The summed E-state index contributed by atoms with van der Waals surface area (Å²) in [5.41, 5.74) is 1.17. The van der Waals surface area contributed by atoms with Gasteiger partial charge in [0.05, 0.1) is 22.6 Å². The minimum Gasteiger partial charge on any atom is -0.473 e. The van der Waals surface area contributed by atoms with Crippen molar-refractivity contribution in [3.05, 3.63) is 47.0 Å². The Hall–Kier alpha value is -3.03. The topological polar surface area (TPSA) is 96.0 Å². The zero-order chi connectivity index (χ0) is 14.8. The standard InChI is InChI=1S/C13H11N5O3/c1-2-21-13-11(18(19)20)12(14-7-15-13)17-8-16-9-5-3-4-6-10(9)17/h3-8H,2H2,1H3. The van der Waals surface area contributed by atoms with E-state index in [2.05, 4.69) is 15.0 Å². The van der Waals surface area contributed by atoms with Crippen LogP contribution in [-0.4, -0.2) is 31.0 Å². The summed E-state index contributed by atoms with van der Waals surface area (Å²) in [7, 11) is 0. The van der Waals surface area contributed by atoms with E-state index in [0.717, 1.165) is 11.0 Å². The Morgan fingerprint density at radius 2 is 2.10 bits per heavy atom. The second-order valence-corrected chi connectivity index (χ2v) is 4.14. The van der Waals surface area contributed by atoms with Crippen LogP contribution in [0.2, 0.25) is 0 Å². The third-order valence-electron chi connectivity index (χ3n) is 2.91. The fraction of sp³-hybridized carbons (Fsp3) is 0.154. The van der Waals surface area contributed by atoms with Gasteiger partial charge in [-0.1, -0.05) is 12.1 Å². The number of nitro groups is 1. The lowest BCUT2D eigenvalue weighted by Crippen LogP contribution is -2.07. The minimum absolute atomic E-state index is 0.0507. The van der Waals surface area contributed by atoms with Crippen LogP contribution in [0.4, 0.5) is 5.69 Å². The molecule has 1 aromatic carbocycles. The quantitative estimate of drug-likeness (QED) is 0.538. The van der Waals surface area contributed by atoms with Crippen LogP contribution in [0.15, 0.2) is 36.9 Å². The van der Waals surface area contributed by atoms with Crippen molar-refractivity contribution in [1.82, 2.24) is 19.5 Å². The number of hydrogen-bond donors (Lipinski definition) is 0. The molecule has 0 aliphatic rings. The fourth-order valence-corrected chi connectivity index (χ4v) is 2.06. The van der Waals surface area contributed by atoms with Gasteiger partial charge in [0.15, 0.2) is 0 Å². The summed E-state index contributed by atoms with van der Waals surface area (Å²) < 4.78 is 6.78. The molecule has 21 heavy (non-hydrogen) atoms. The molecule has 0 N–H and O–H groups in total. The summed E-state index contributed by atoms with van der Waals surface area (Å²) in [6.07, 6.45) is 2.73. The monoisotopic (exact) mass is 285 g/mol. The van der Waals surface area contributed by atoms with E-state index >= 15 is 0 Å². The number of para-hydroxylation sites is 2. The largest absolute Gasteiger partial charge is 0.473 e. The normalized spacial score (nSPS) is 10.7. The maximum absolute atomic E-state index is 11.4. The van der Waals surface area contributed by atoms with Gasteiger partial charge in [0, 0.05) is 0 Å². The maximum Gasteiger partial charge on any atom is 0.373 e. The molecule has 0 amide bonds. The zero-order valence-electron chi connectivity index (χ0n) is 11.1. The summed E-state index contributed by atoms with van der Waals surface area (Å²) in [6.45, 7) is 2.01. The Bertz CT molecular complexity index is 814. The third-order valence-corrected chi connectivity index (χ3v) is 2.91. The highest BCUT2D eigenvalue weighted by atomic mass is 16.6. The molecular weight excluding hydrogens is 274 g/mol. The van der Waals surface area contributed by atoms with Gasteiger partial charge in [0.25, 0.3) is 5.88 Å². The molecule has 0 bridgehead atoms. The Morgan fingerprint density at radius 3 is 2.86 bits per heavy atom. The molecule has 0 aliphatic carbocycles. The molecule has 0 atom stereocenters. The number of imidazole rings is 1. The molecule has 0 fully saturated rings. The van der Waals surface area contributed by atoms with E-state index in [1.807, 2.05) is 24.3 Å². The number of aromatic nitrogens is 4. The van der Waals surface area contributed by atoms with Gasteiger partial charge in [-0.25, -0.2) is 9.97 Å². The fourth-order valence-electron chi connectivity index (χ4n) is 2.06. The Morgan fingerprint density at radius 1 is 1.29 bits per heavy atom. The van der Waals surface area contributed by atoms with Crippen LogP contribution in [0.1, 0.15) is 6.92 Å². The van der Waals surface area contributed by atoms with Crippen molar-refractivity contribution in [2.45, 2.75) is 6.92 Å². The van der Waals surface area contributed by atoms with Gasteiger partial charge < -0.3 is 4.74 Å². The molecule has 8 heteroatoms. The minimum atomic E-state index is -0.547. The average Bonchev–Trinajstić information content (AvgIpc) is 2.91. The Labute approximate surface area is 119 Å². The molecule has 106 valence electrons. The van der Waals surface area contributed by atoms with Crippen LogP contribution in [0.5, 0.6) is 5.88 Å². The van der Waals surface area contributed by atoms with Crippen LogP contribution in [0.3, 0.4) is 0 Å². The molecule has 0 spiro atoms. The predicted molar refractivity (Wildman–Crippen MR) is 74.5 cm³/mol. The molecule has 0 saturated heterocycles. The van der Waals surface area contributed by atoms with E-state index in [9.17, 15) is 10.1 Å². The Balaban J connectivity index is 2.27. The van der Waals surface area contributed by atoms with Crippen molar-refractivity contribution in [1.29, 1.82) is 0 Å². The first-order chi connectivity index (χ1) is 10.2. The van der Waals surface area contributed by atoms with Gasteiger partial charge >= 0.3 is 5.69 Å². The summed E-state index contributed by atoms with van der Waals surface area (Å²) in [4.78, 5) is 22.9. The van der Waals surface area contributed by atoms with Crippen LogP contribution >= 0.6 is 0 Å². The van der Waals surface area contributed by atoms with Crippen molar-refractivity contribution in [3.63, 3.8) is 0 Å². The number of benzene rings is 1. The second-order valence-electron chi connectivity index (χ2n) is 4.14.